The van der Waals surface area contributed by atoms with E-state index in [2.05, 4.69) is 94.9 Å². The van der Waals surface area contributed by atoms with Crippen molar-refractivity contribution in [3.63, 3.8) is 0 Å². The Morgan fingerprint density at radius 3 is 2.35 bits per heavy atom. The molecule has 3 aromatic carbocycles. The summed E-state index contributed by atoms with van der Waals surface area (Å²) in [5.41, 5.74) is 4.81. The lowest BCUT2D eigenvalue weighted by molar-refractivity contribution is 1.09. The van der Waals surface area contributed by atoms with E-state index in [1.807, 2.05) is 6.07 Å². The summed E-state index contributed by atoms with van der Waals surface area (Å²) >= 11 is 0. The molecular weight excluding hydrogens is 280 g/mol. The third kappa shape index (κ3) is 2.71. The number of benzene rings is 3. The second-order valence-electron chi connectivity index (χ2n) is 5.60. The van der Waals surface area contributed by atoms with Gasteiger partial charge in [0.15, 0.2) is 0 Å². The molecule has 0 unspecified atom stereocenters. The summed E-state index contributed by atoms with van der Waals surface area (Å²) in [4.78, 5) is 0. The van der Waals surface area contributed by atoms with Gasteiger partial charge in [-0.05, 0) is 35.2 Å². The van der Waals surface area contributed by atoms with Crippen molar-refractivity contribution >= 4 is 16.6 Å². The molecule has 0 aliphatic rings. The molecular formula is C21H18N2. The summed E-state index contributed by atoms with van der Waals surface area (Å²) in [5.74, 6) is 0. The molecule has 1 aromatic heterocycles. The molecule has 2 nitrogen and oxygen atoms in total. The Bertz CT molecular complexity index is 923. The van der Waals surface area contributed by atoms with Gasteiger partial charge in [-0.1, -0.05) is 60.7 Å². The maximum atomic E-state index is 3.56. The Morgan fingerprint density at radius 2 is 1.43 bits per heavy atom. The second kappa shape index (κ2) is 6.01. The van der Waals surface area contributed by atoms with Gasteiger partial charge in [0.05, 0.1) is 16.9 Å². The number of anilines is 1. The van der Waals surface area contributed by atoms with Crippen molar-refractivity contribution in [1.82, 2.24) is 4.57 Å². The Balaban J connectivity index is 1.70. The number of fused-ring (bicyclic) bond motifs is 1. The number of para-hydroxylation sites is 3. The first-order valence-corrected chi connectivity index (χ1v) is 7.85. The number of rotatable bonds is 4. The smallest absolute Gasteiger partial charge is 0.0687 e. The minimum absolute atomic E-state index is 0.817. The fourth-order valence-electron chi connectivity index (χ4n) is 2.92. The molecule has 112 valence electrons. The topological polar surface area (TPSA) is 17.0 Å². The maximum Gasteiger partial charge on any atom is 0.0687 e. The van der Waals surface area contributed by atoms with Crippen molar-refractivity contribution in [2.45, 2.75) is 6.54 Å². The Morgan fingerprint density at radius 1 is 0.696 bits per heavy atom. The lowest BCUT2D eigenvalue weighted by Crippen LogP contribution is -2.03. The maximum absolute atomic E-state index is 3.56. The van der Waals surface area contributed by atoms with Crippen LogP contribution in [0.3, 0.4) is 0 Å². The third-order valence-electron chi connectivity index (χ3n) is 4.09. The van der Waals surface area contributed by atoms with Crippen molar-refractivity contribution in [3.05, 3.63) is 96.7 Å². The van der Waals surface area contributed by atoms with Gasteiger partial charge in [0.2, 0.25) is 0 Å². The van der Waals surface area contributed by atoms with Crippen molar-refractivity contribution < 1.29 is 0 Å². The number of nitrogens with one attached hydrogen (secondary N) is 1. The van der Waals surface area contributed by atoms with Crippen LogP contribution >= 0.6 is 0 Å². The number of aromatic nitrogens is 1. The van der Waals surface area contributed by atoms with E-state index >= 15 is 0 Å². The van der Waals surface area contributed by atoms with Crippen LogP contribution in [0.1, 0.15) is 5.56 Å². The van der Waals surface area contributed by atoms with Crippen LogP contribution in [0.2, 0.25) is 0 Å². The zero-order valence-corrected chi connectivity index (χ0v) is 12.8. The average molecular weight is 298 g/mol. The van der Waals surface area contributed by atoms with Gasteiger partial charge in [0.1, 0.15) is 0 Å². The largest absolute Gasteiger partial charge is 0.379 e. The highest BCUT2D eigenvalue weighted by atomic mass is 15.0. The summed E-state index contributed by atoms with van der Waals surface area (Å²) in [5, 5.41) is 4.82. The predicted octanol–water partition coefficient (Wildman–Crippen LogP) is 5.24. The van der Waals surface area contributed by atoms with E-state index in [1.54, 1.807) is 0 Å². The van der Waals surface area contributed by atoms with Crippen molar-refractivity contribution in [2.75, 3.05) is 5.32 Å². The molecule has 0 amide bonds. The first-order valence-electron chi connectivity index (χ1n) is 7.85. The molecule has 0 saturated heterocycles. The monoisotopic (exact) mass is 298 g/mol. The summed E-state index contributed by atoms with van der Waals surface area (Å²) in [6.45, 7) is 0.817. The Labute approximate surface area is 136 Å². The predicted molar refractivity (Wildman–Crippen MR) is 97.0 cm³/mol. The molecule has 0 saturated carbocycles. The van der Waals surface area contributed by atoms with Crippen molar-refractivity contribution in [3.8, 4) is 5.69 Å². The minimum atomic E-state index is 0.817. The molecule has 23 heavy (non-hydrogen) atoms. The highest BCUT2D eigenvalue weighted by molar-refractivity contribution is 5.83. The molecule has 0 atom stereocenters. The van der Waals surface area contributed by atoms with Gasteiger partial charge in [0, 0.05) is 12.7 Å². The first kappa shape index (κ1) is 13.6. The standard InChI is InChI=1S/C21H18N2/c1-2-8-17(9-3-1)16-22-19-11-5-7-13-21(19)23-15-14-18-10-4-6-12-20(18)23/h1-15,22H,16H2. The molecule has 1 heterocycles. The van der Waals surface area contributed by atoms with Crippen LogP contribution in [0.15, 0.2) is 91.1 Å². The summed E-state index contributed by atoms with van der Waals surface area (Å²) in [6, 6.07) is 29.5. The molecule has 1 N–H and O–H groups in total. The van der Waals surface area contributed by atoms with E-state index in [4.69, 9.17) is 0 Å². The van der Waals surface area contributed by atoms with E-state index < -0.39 is 0 Å². The second-order valence-corrected chi connectivity index (χ2v) is 5.60. The van der Waals surface area contributed by atoms with Crippen LogP contribution in [0.4, 0.5) is 5.69 Å². The molecule has 2 heteroatoms. The van der Waals surface area contributed by atoms with Crippen LogP contribution in [-0.4, -0.2) is 4.57 Å². The molecule has 0 fully saturated rings. The molecule has 4 aromatic rings. The molecule has 0 spiro atoms. The van der Waals surface area contributed by atoms with Crippen LogP contribution in [0.5, 0.6) is 0 Å². The van der Waals surface area contributed by atoms with Crippen LogP contribution in [0, 0.1) is 0 Å². The SMILES string of the molecule is c1ccc(CNc2ccccc2-n2ccc3ccccc32)cc1. The van der Waals surface area contributed by atoms with Gasteiger partial charge in [-0.15, -0.1) is 0 Å². The number of hydrogen-bond acceptors (Lipinski definition) is 1. The molecule has 4 rings (SSSR count). The molecule has 0 radical (unpaired) electrons. The van der Waals surface area contributed by atoms with Gasteiger partial charge >= 0.3 is 0 Å². The lowest BCUT2D eigenvalue weighted by Gasteiger charge is -2.14. The minimum Gasteiger partial charge on any atom is -0.379 e. The third-order valence-corrected chi connectivity index (χ3v) is 4.09. The Hall–Kier alpha value is -3.00. The Kier molecular flexibility index (Phi) is 3.57. The lowest BCUT2D eigenvalue weighted by atomic mass is 10.2. The zero-order valence-electron chi connectivity index (χ0n) is 12.8. The summed E-state index contributed by atoms with van der Waals surface area (Å²) in [6.07, 6.45) is 2.13. The van der Waals surface area contributed by atoms with Gasteiger partial charge in [-0.3, -0.25) is 0 Å². The average Bonchev–Trinajstić information content (AvgIpc) is 3.05. The fraction of sp³-hybridized carbons (Fsp3) is 0.0476. The quantitative estimate of drug-likeness (QED) is 0.545. The fourth-order valence-corrected chi connectivity index (χ4v) is 2.92. The first-order chi connectivity index (χ1) is 11.4. The number of hydrogen-bond donors (Lipinski definition) is 1. The van der Waals surface area contributed by atoms with Crippen LogP contribution in [-0.2, 0) is 6.54 Å². The molecule has 0 aliphatic carbocycles. The van der Waals surface area contributed by atoms with Gasteiger partial charge in [-0.2, -0.15) is 0 Å². The highest BCUT2D eigenvalue weighted by Crippen LogP contribution is 2.26. The molecule has 0 aliphatic heterocycles. The summed E-state index contributed by atoms with van der Waals surface area (Å²) in [7, 11) is 0. The van der Waals surface area contributed by atoms with Crippen molar-refractivity contribution in [1.29, 1.82) is 0 Å². The van der Waals surface area contributed by atoms with Gasteiger partial charge in [0.25, 0.3) is 0 Å². The zero-order chi connectivity index (χ0) is 15.5. The van der Waals surface area contributed by atoms with Gasteiger partial charge in [-0.25, -0.2) is 0 Å². The van der Waals surface area contributed by atoms with E-state index in [9.17, 15) is 0 Å². The van der Waals surface area contributed by atoms with Crippen molar-refractivity contribution in [2.24, 2.45) is 0 Å². The normalized spacial score (nSPS) is 10.8. The van der Waals surface area contributed by atoms with E-state index in [1.165, 1.54) is 22.2 Å². The van der Waals surface area contributed by atoms with Gasteiger partial charge < -0.3 is 9.88 Å². The van der Waals surface area contributed by atoms with Crippen LogP contribution in [0.25, 0.3) is 16.6 Å². The van der Waals surface area contributed by atoms with E-state index in [0.717, 1.165) is 12.2 Å². The summed E-state index contributed by atoms with van der Waals surface area (Å²) < 4.78 is 2.24. The van der Waals surface area contributed by atoms with E-state index in [0.29, 0.717) is 0 Å². The molecule has 0 bridgehead atoms. The van der Waals surface area contributed by atoms with Crippen LogP contribution < -0.4 is 5.32 Å². The van der Waals surface area contributed by atoms with E-state index in [-0.39, 0.29) is 0 Å². The number of nitrogens with zero attached hydrogens (tertiary/aromatic N) is 1. The highest BCUT2D eigenvalue weighted by Gasteiger charge is 2.07.